The number of rotatable bonds is 7. The van der Waals surface area contributed by atoms with Crippen molar-refractivity contribution < 1.29 is 8.42 Å². The fraction of sp³-hybridized carbons (Fsp3) is 0.423. The molecular weight excluding hydrogens is 404 g/mol. The average Bonchev–Trinajstić information content (AvgIpc) is 3.27. The second kappa shape index (κ2) is 9.49. The Morgan fingerprint density at radius 1 is 1.00 bits per heavy atom. The van der Waals surface area contributed by atoms with Gasteiger partial charge in [0.15, 0.2) is 0 Å². The third kappa shape index (κ3) is 4.68. The van der Waals surface area contributed by atoms with Gasteiger partial charge in [-0.2, -0.15) is 4.31 Å². The second-order valence-corrected chi connectivity index (χ2v) is 10.5. The highest BCUT2D eigenvalue weighted by molar-refractivity contribution is 7.89. The fourth-order valence-corrected chi connectivity index (χ4v) is 6.08. The molecule has 1 saturated heterocycles. The molecule has 0 aliphatic carbocycles. The Bertz CT molecular complexity index is 1100. The van der Waals surface area contributed by atoms with Gasteiger partial charge in [0.05, 0.1) is 10.6 Å². The molecule has 4 nitrogen and oxygen atoms in total. The summed E-state index contributed by atoms with van der Waals surface area (Å²) in [6, 6.07) is 13.6. The Balaban J connectivity index is 1.70. The number of fused-ring (bicyclic) bond motifs is 1. The molecular formula is C26H32N2O2S. The van der Waals surface area contributed by atoms with Gasteiger partial charge in [0, 0.05) is 24.7 Å². The van der Waals surface area contributed by atoms with Crippen molar-refractivity contribution >= 4 is 27.5 Å². The van der Waals surface area contributed by atoms with E-state index in [0.717, 1.165) is 60.9 Å². The minimum absolute atomic E-state index is 0.375. The highest BCUT2D eigenvalue weighted by atomic mass is 32.2. The van der Waals surface area contributed by atoms with Crippen molar-refractivity contribution in [2.24, 2.45) is 10.9 Å². The monoisotopic (exact) mass is 436 g/mol. The van der Waals surface area contributed by atoms with Gasteiger partial charge in [0.1, 0.15) is 0 Å². The molecule has 4 rings (SSSR count). The van der Waals surface area contributed by atoms with Gasteiger partial charge < -0.3 is 0 Å². The van der Waals surface area contributed by atoms with E-state index in [9.17, 15) is 8.42 Å². The van der Waals surface area contributed by atoms with E-state index in [1.807, 2.05) is 12.1 Å². The molecule has 31 heavy (non-hydrogen) atoms. The average molecular weight is 437 g/mol. The SMILES string of the molecule is CCCC1=Nc2cc(-c3cccc(S(=O)(=O)N4CCCC4)c3)ccc2C=CC1CCC. The van der Waals surface area contributed by atoms with Crippen molar-refractivity contribution in [3.8, 4) is 11.1 Å². The van der Waals surface area contributed by atoms with Crippen LogP contribution in [0.3, 0.4) is 0 Å². The van der Waals surface area contributed by atoms with Crippen LogP contribution in [0.1, 0.15) is 57.9 Å². The number of benzene rings is 2. The van der Waals surface area contributed by atoms with Crippen molar-refractivity contribution in [3.05, 3.63) is 54.1 Å². The van der Waals surface area contributed by atoms with Crippen LogP contribution in [0.2, 0.25) is 0 Å². The minimum atomic E-state index is -3.43. The van der Waals surface area contributed by atoms with Crippen LogP contribution in [-0.4, -0.2) is 31.5 Å². The number of allylic oxidation sites excluding steroid dienone is 1. The number of nitrogens with zero attached hydrogens (tertiary/aromatic N) is 2. The molecule has 2 aliphatic heterocycles. The van der Waals surface area contributed by atoms with Crippen molar-refractivity contribution in [2.45, 2.75) is 57.3 Å². The molecule has 1 atom stereocenters. The molecule has 1 fully saturated rings. The van der Waals surface area contributed by atoms with E-state index < -0.39 is 10.0 Å². The zero-order valence-corrected chi connectivity index (χ0v) is 19.4. The molecule has 0 radical (unpaired) electrons. The maximum Gasteiger partial charge on any atom is 0.243 e. The van der Waals surface area contributed by atoms with Gasteiger partial charge in [-0.25, -0.2) is 8.42 Å². The first kappa shape index (κ1) is 22.0. The molecule has 0 aromatic heterocycles. The Hall–Kier alpha value is -2.24. The zero-order valence-electron chi connectivity index (χ0n) is 18.5. The summed E-state index contributed by atoms with van der Waals surface area (Å²) in [5.74, 6) is 0.398. The number of hydrogen-bond donors (Lipinski definition) is 0. The number of aliphatic imine (C=N–C) groups is 1. The lowest BCUT2D eigenvalue weighted by Gasteiger charge is -2.16. The molecule has 5 heteroatoms. The molecule has 0 saturated carbocycles. The third-order valence-corrected chi connectivity index (χ3v) is 8.10. The first-order chi connectivity index (χ1) is 15.0. The van der Waals surface area contributed by atoms with Crippen LogP contribution in [-0.2, 0) is 10.0 Å². The van der Waals surface area contributed by atoms with E-state index in [2.05, 4.69) is 44.2 Å². The molecule has 1 unspecified atom stereocenters. The van der Waals surface area contributed by atoms with Crippen molar-refractivity contribution in [1.82, 2.24) is 4.31 Å². The summed E-state index contributed by atoms with van der Waals surface area (Å²) in [7, 11) is -3.43. The van der Waals surface area contributed by atoms with E-state index in [1.54, 1.807) is 16.4 Å². The molecule has 2 aliphatic rings. The van der Waals surface area contributed by atoms with Gasteiger partial charge in [-0.05, 0) is 60.6 Å². The summed E-state index contributed by atoms with van der Waals surface area (Å²) in [5, 5.41) is 0. The van der Waals surface area contributed by atoms with Crippen LogP contribution in [0.15, 0.2) is 58.4 Å². The zero-order chi connectivity index (χ0) is 21.8. The summed E-state index contributed by atoms with van der Waals surface area (Å²) in [4.78, 5) is 5.45. The smallest absolute Gasteiger partial charge is 0.243 e. The summed E-state index contributed by atoms with van der Waals surface area (Å²) in [5.41, 5.74) is 5.26. The van der Waals surface area contributed by atoms with Crippen LogP contribution < -0.4 is 0 Å². The lowest BCUT2D eigenvalue weighted by atomic mass is 9.94. The van der Waals surface area contributed by atoms with Crippen molar-refractivity contribution in [2.75, 3.05) is 13.1 Å². The molecule has 164 valence electrons. The Kier molecular flexibility index (Phi) is 6.73. The molecule has 2 aromatic carbocycles. The minimum Gasteiger partial charge on any atom is -0.257 e. The molecule has 0 bridgehead atoms. The molecule has 2 heterocycles. The predicted octanol–water partition coefficient (Wildman–Crippen LogP) is 6.45. The van der Waals surface area contributed by atoms with Crippen LogP contribution in [0.25, 0.3) is 17.2 Å². The van der Waals surface area contributed by atoms with Crippen molar-refractivity contribution in [1.29, 1.82) is 0 Å². The first-order valence-corrected chi connectivity index (χ1v) is 13.0. The summed E-state index contributed by atoms with van der Waals surface area (Å²) >= 11 is 0. The van der Waals surface area contributed by atoms with Gasteiger partial charge in [0.2, 0.25) is 10.0 Å². The lowest BCUT2D eigenvalue weighted by molar-refractivity contribution is 0.477. The molecule has 2 aromatic rings. The maximum absolute atomic E-state index is 13.0. The van der Waals surface area contributed by atoms with Crippen molar-refractivity contribution in [3.63, 3.8) is 0 Å². The maximum atomic E-state index is 13.0. The quantitative estimate of drug-likeness (QED) is 0.500. The van der Waals surface area contributed by atoms with E-state index in [4.69, 9.17) is 4.99 Å². The van der Waals surface area contributed by atoms with Gasteiger partial charge in [-0.3, -0.25) is 4.99 Å². The van der Waals surface area contributed by atoms with Crippen LogP contribution >= 0.6 is 0 Å². The topological polar surface area (TPSA) is 49.7 Å². The predicted molar refractivity (Wildman–Crippen MR) is 129 cm³/mol. The lowest BCUT2D eigenvalue weighted by Crippen LogP contribution is -2.27. The summed E-state index contributed by atoms with van der Waals surface area (Å²) in [6.07, 6.45) is 10.7. The third-order valence-electron chi connectivity index (χ3n) is 6.21. The van der Waals surface area contributed by atoms with E-state index in [0.29, 0.717) is 23.9 Å². The van der Waals surface area contributed by atoms with Crippen LogP contribution in [0, 0.1) is 5.92 Å². The van der Waals surface area contributed by atoms with Gasteiger partial charge in [0.25, 0.3) is 0 Å². The standard InChI is InChI=1S/C26H32N2O2S/c1-3-8-20-12-13-21-14-15-23(19-26(21)27-25(20)9-4-2)22-10-7-11-24(18-22)31(29,30)28-16-5-6-17-28/h7,10-15,18-20H,3-6,8-9,16-17H2,1-2H3. The molecule has 0 spiro atoms. The van der Waals surface area contributed by atoms with Crippen LogP contribution in [0.5, 0.6) is 0 Å². The molecule has 0 N–H and O–H groups in total. The van der Waals surface area contributed by atoms with Crippen LogP contribution in [0.4, 0.5) is 5.69 Å². The Labute approximate surface area is 186 Å². The van der Waals surface area contributed by atoms with Gasteiger partial charge in [-0.15, -0.1) is 0 Å². The van der Waals surface area contributed by atoms with Gasteiger partial charge >= 0.3 is 0 Å². The summed E-state index contributed by atoms with van der Waals surface area (Å²) in [6.45, 7) is 5.65. The highest BCUT2D eigenvalue weighted by Crippen LogP contribution is 2.34. The van der Waals surface area contributed by atoms with Gasteiger partial charge in [-0.1, -0.05) is 63.1 Å². The van der Waals surface area contributed by atoms with E-state index >= 15 is 0 Å². The fourth-order valence-electron chi connectivity index (χ4n) is 4.51. The first-order valence-electron chi connectivity index (χ1n) is 11.5. The number of hydrogen-bond acceptors (Lipinski definition) is 3. The Morgan fingerprint density at radius 2 is 1.77 bits per heavy atom. The summed E-state index contributed by atoms with van der Waals surface area (Å²) < 4.78 is 27.6. The largest absolute Gasteiger partial charge is 0.257 e. The Morgan fingerprint density at radius 3 is 2.52 bits per heavy atom. The highest BCUT2D eigenvalue weighted by Gasteiger charge is 2.27. The van der Waals surface area contributed by atoms with E-state index in [-0.39, 0.29) is 0 Å². The van der Waals surface area contributed by atoms with E-state index in [1.165, 1.54) is 5.71 Å². The number of sulfonamides is 1. The molecule has 0 amide bonds. The normalized spacial score (nSPS) is 19.2. The second-order valence-electron chi connectivity index (χ2n) is 8.52.